The fourth-order valence-corrected chi connectivity index (χ4v) is 2.33. The highest BCUT2D eigenvalue weighted by Gasteiger charge is 2.26. The summed E-state index contributed by atoms with van der Waals surface area (Å²) in [7, 11) is 0. The minimum Gasteiger partial charge on any atom is -0.367 e. The van der Waals surface area contributed by atoms with Crippen molar-refractivity contribution in [3.8, 4) is 0 Å². The monoisotopic (exact) mass is 221 g/mol. The number of rotatable bonds is 1. The molecule has 2 N–H and O–H groups in total. The van der Waals surface area contributed by atoms with Crippen molar-refractivity contribution in [3.05, 3.63) is 23.5 Å². The number of hydrogen-bond donors (Lipinski definition) is 2. The molecule has 0 saturated carbocycles. The number of hydrogen-bond acceptors (Lipinski definition) is 2. The predicted molar refractivity (Wildman–Crippen MR) is 63.5 cm³/mol. The largest absolute Gasteiger partial charge is 0.367 e. The summed E-state index contributed by atoms with van der Waals surface area (Å²) in [5.74, 6) is 0.138. The van der Waals surface area contributed by atoms with Crippen molar-refractivity contribution in [2.75, 3.05) is 13.1 Å². The average Bonchev–Trinajstić information content (AvgIpc) is 2.62. The van der Waals surface area contributed by atoms with Crippen LogP contribution in [0.15, 0.2) is 12.4 Å². The van der Waals surface area contributed by atoms with E-state index in [0.29, 0.717) is 12.1 Å². The molecule has 0 aliphatic carbocycles. The van der Waals surface area contributed by atoms with Crippen LogP contribution in [0.4, 0.5) is 0 Å². The Bertz CT molecular complexity index is 375. The van der Waals surface area contributed by atoms with E-state index in [-0.39, 0.29) is 5.91 Å². The minimum absolute atomic E-state index is 0.138. The van der Waals surface area contributed by atoms with Crippen molar-refractivity contribution >= 4 is 5.91 Å². The van der Waals surface area contributed by atoms with Crippen molar-refractivity contribution < 1.29 is 4.79 Å². The lowest BCUT2D eigenvalue weighted by Crippen LogP contribution is -2.55. The molecule has 2 unspecified atom stereocenters. The molecule has 2 heterocycles. The number of nitrogens with one attached hydrogen (secondary N) is 2. The van der Waals surface area contributed by atoms with Gasteiger partial charge in [-0.3, -0.25) is 4.79 Å². The molecule has 1 aliphatic rings. The summed E-state index contributed by atoms with van der Waals surface area (Å²) < 4.78 is 0. The summed E-state index contributed by atoms with van der Waals surface area (Å²) in [6.45, 7) is 7.75. The minimum atomic E-state index is 0.138. The van der Waals surface area contributed by atoms with Gasteiger partial charge in [0.15, 0.2) is 0 Å². The summed E-state index contributed by atoms with van der Waals surface area (Å²) >= 11 is 0. The van der Waals surface area contributed by atoms with Gasteiger partial charge in [-0.05, 0) is 26.3 Å². The Morgan fingerprint density at radius 1 is 1.31 bits per heavy atom. The molecule has 0 spiro atoms. The fraction of sp³-hybridized carbons (Fsp3) is 0.583. The zero-order valence-corrected chi connectivity index (χ0v) is 10.1. The maximum Gasteiger partial charge on any atom is 0.255 e. The van der Waals surface area contributed by atoms with Gasteiger partial charge in [0.1, 0.15) is 0 Å². The number of carbonyl (C=O) groups is 1. The summed E-state index contributed by atoms with van der Waals surface area (Å²) in [6, 6.07) is 0.735. The van der Waals surface area contributed by atoms with Crippen molar-refractivity contribution in [3.63, 3.8) is 0 Å². The lowest BCUT2D eigenvalue weighted by molar-refractivity contribution is 0.0673. The van der Waals surface area contributed by atoms with E-state index in [1.54, 1.807) is 6.20 Å². The van der Waals surface area contributed by atoms with Crippen molar-refractivity contribution in [2.24, 2.45) is 0 Å². The molecule has 0 radical (unpaired) electrons. The molecule has 88 valence electrons. The third-order valence-corrected chi connectivity index (χ3v) is 3.03. The molecule has 1 saturated heterocycles. The molecule has 4 nitrogen and oxygen atoms in total. The van der Waals surface area contributed by atoms with Crippen LogP contribution in [0.1, 0.15) is 29.8 Å². The second-order valence-corrected chi connectivity index (χ2v) is 4.73. The first-order valence-corrected chi connectivity index (χ1v) is 5.76. The molecule has 1 fully saturated rings. The van der Waals surface area contributed by atoms with Gasteiger partial charge in [-0.2, -0.15) is 0 Å². The molecule has 2 rings (SSSR count). The molecule has 16 heavy (non-hydrogen) atoms. The van der Waals surface area contributed by atoms with Gasteiger partial charge in [0.2, 0.25) is 0 Å². The summed E-state index contributed by atoms with van der Waals surface area (Å²) in [4.78, 5) is 17.2. The zero-order valence-electron chi connectivity index (χ0n) is 10.1. The Morgan fingerprint density at radius 3 is 2.44 bits per heavy atom. The number of aryl methyl sites for hydroxylation is 1. The maximum absolute atomic E-state index is 12.3. The smallest absolute Gasteiger partial charge is 0.255 e. The van der Waals surface area contributed by atoms with Crippen LogP contribution in [0.2, 0.25) is 0 Å². The highest BCUT2D eigenvalue weighted by atomic mass is 16.2. The second kappa shape index (κ2) is 4.29. The first-order valence-electron chi connectivity index (χ1n) is 5.76. The number of H-pyrrole nitrogens is 1. The first-order chi connectivity index (χ1) is 7.58. The standard InChI is InChI=1S/C12H19N3O/c1-8-4-13-5-11(8)12(16)15-6-9(2)14-10(3)7-15/h4-5,9-10,13-14H,6-7H2,1-3H3. The van der Waals surface area contributed by atoms with Crippen LogP contribution in [0.3, 0.4) is 0 Å². The van der Waals surface area contributed by atoms with Crippen LogP contribution in [0.25, 0.3) is 0 Å². The molecule has 1 aromatic rings. The number of aromatic amines is 1. The maximum atomic E-state index is 12.3. The van der Waals surface area contributed by atoms with Crippen LogP contribution in [0.5, 0.6) is 0 Å². The average molecular weight is 221 g/mol. The van der Waals surface area contributed by atoms with Gasteiger partial charge in [-0.15, -0.1) is 0 Å². The quantitative estimate of drug-likeness (QED) is 0.747. The van der Waals surface area contributed by atoms with Gasteiger partial charge in [0, 0.05) is 37.6 Å². The van der Waals surface area contributed by atoms with Crippen LogP contribution in [0, 0.1) is 6.92 Å². The molecular weight excluding hydrogens is 202 g/mol. The first kappa shape index (κ1) is 11.2. The van der Waals surface area contributed by atoms with Crippen molar-refractivity contribution in [2.45, 2.75) is 32.9 Å². The molecule has 0 aromatic carbocycles. The lowest BCUT2D eigenvalue weighted by Gasteiger charge is -2.36. The van der Waals surface area contributed by atoms with E-state index in [0.717, 1.165) is 24.2 Å². The number of carbonyl (C=O) groups excluding carboxylic acids is 1. The lowest BCUT2D eigenvalue weighted by atomic mass is 10.1. The van der Waals surface area contributed by atoms with Gasteiger partial charge >= 0.3 is 0 Å². The van der Waals surface area contributed by atoms with Crippen LogP contribution in [-0.2, 0) is 0 Å². The Labute approximate surface area is 96.0 Å². The molecule has 1 amide bonds. The van der Waals surface area contributed by atoms with Crippen LogP contribution < -0.4 is 5.32 Å². The number of piperazine rings is 1. The van der Waals surface area contributed by atoms with Crippen molar-refractivity contribution in [1.82, 2.24) is 15.2 Å². The van der Waals surface area contributed by atoms with Gasteiger partial charge in [-0.1, -0.05) is 0 Å². The second-order valence-electron chi connectivity index (χ2n) is 4.73. The SMILES string of the molecule is Cc1c[nH]cc1C(=O)N1CC(C)NC(C)C1. The molecular formula is C12H19N3O. The van der Waals surface area contributed by atoms with E-state index in [1.165, 1.54) is 0 Å². The molecule has 0 bridgehead atoms. The molecule has 1 aromatic heterocycles. The number of nitrogens with zero attached hydrogens (tertiary/aromatic N) is 1. The van der Waals surface area contributed by atoms with Gasteiger partial charge in [0.25, 0.3) is 5.91 Å². The van der Waals surface area contributed by atoms with E-state index >= 15 is 0 Å². The zero-order chi connectivity index (χ0) is 11.7. The van der Waals surface area contributed by atoms with E-state index in [2.05, 4.69) is 24.1 Å². The Morgan fingerprint density at radius 2 is 1.94 bits per heavy atom. The van der Waals surface area contributed by atoms with E-state index in [9.17, 15) is 4.79 Å². The highest BCUT2D eigenvalue weighted by molar-refractivity contribution is 5.95. The number of aromatic nitrogens is 1. The Balaban J connectivity index is 2.13. The highest BCUT2D eigenvalue weighted by Crippen LogP contribution is 2.13. The third-order valence-electron chi connectivity index (χ3n) is 3.03. The van der Waals surface area contributed by atoms with Gasteiger partial charge in [0.05, 0.1) is 5.56 Å². The van der Waals surface area contributed by atoms with Crippen LogP contribution in [-0.4, -0.2) is 41.0 Å². The molecule has 2 atom stereocenters. The van der Waals surface area contributed by atoms with Crippen LogP contribution >= 0.6 is 0 Å². The number of amides is 1. The van der Waals surface area contributed by atoms with E-state index < -0.39 is 0 Å². The van der Waals surface area contributed by atoms with Gasteiger partial charge in [-0.25, -0.2) is 0 Å². The Kier molecular flexibility index (Phi) is 3.01. The van der Waals surface area contributed by atoms with E-state index in [4.69, 9.17) is 0 Å². The summed E-state index contributed by atoms with van der Waals surface area (Å²) in [6.07, 6.45) is 3.65. The Hall–Kier alpha value is -1.29. The summed E-state index contributed by atoms with van der Waals surface area (Å²) in [5.41, 5.74) is 1.81. The van der Waals surface area contributed by atoms with E-state index in [1.807, 2.05) is 18.0 Å². The molecule has 4 heteroatoms. The predicted octanol–water partition coefficient (Wildman–Crippen LogP) is 1.15. The topological polar surface area (TPSA) is 48.1 Å². The van der Waals surface area contributed by atoms with Crippen molar-refractivity contribution in [1.29, 1.82) is 0 Å². The fourth-order valence-electron chi connectivity index (χ4n) is 2.33. The van der Waals surface area contributed by atoms with Gasteiger partial charge < -0.3 is 15.2 Å². The third kappa shape index (κ3) is 2.11. The normalized spacial score (nSPS) is 25.8. The molecule has 1 aliphatic heterocycles. The summed E-state index contributed by atoms with van der Waals surface area (Å²) in [5, 5.41) is 3.42.